The van der Waals surface area contributed by atoms with Crippen LogP contribution in [0.2, 0.25) is 0 Å². The lowest BCUT2D eigenvalue weighted by atomic mass is 10.2. The molecule has 8 heteroatoms. The third-order valence-electron chi connectivity index (χ3n) is 4.06. The fourth-order valence-electron chi connectivity index (χ4n) is 2.83. The number of nitrogens with zero attached hydrogens (tertiary/aromatic N) is 5. The van der Waals surface area contributed by atoms with Gasteiger partial charge in [0, 0.05) is 5.69 Å². The van der Waals surface area contributed by atoms with Gasteiger partial charge in [-0.1, -0.05) is 17.3 Å². The summed E-state index contributed by atoms with van der Waals surface area (Å²) in [7, 11) is 1.63. The maximum atomic E-state index is 11.2. The predicted molar refractivity (Wildman–Crippen MR) is 95.3 cm³/mol. The van der Waals surface area contributed by atoms with Crippen molar-refractivity contribution in [2.75, 3.05) is 7.11 Å². The van der Waals surface area contributed by atoms with Gasteiger partial charge in [-0.3, -0.25) is 9.36 Å². The van der Waals surface area contributed by atoms with Gasteiger partial charge in [0.25, 0.3) is 5.91 Å². The normalized spacial score (nSPS) is 11.0. The number of fused-ring (bicyclic) bond motifs is 1. The lowest BCUT2D eigenvalue weighted by molar-refractivity contribution is 0.0995. The summed E-state index contributed by atoms with van der Waals surface area (Å²) in [6.07, 6.45) is 1.51. The van der Waals surface area contributed by atoms with E-state index in [-0.39, 0.29) is 5.69 Å². The van der Waals surface area contributed by atoms with Crippen molar-refractivity contribution in [2.24, 2.45) is 5.73 Å². The molecule has 0 aliphatic carbocycles. The number of benzene rings is 2. The summed E-state index contributed by atoms with van der Waals surface area (Å²) >= 11 is 0. The van der Waals surface area contributed by atoms with Crippen LogP contribution in [0.3, 0.4) is 0 Å². The molecule has 0 aliphatic heterocycles. The molecule has 2 N–H and O–H groups in total. The highest BCUT2D eigenvalue weighted by atomic mass is 16.5. The summed E-state index contributed by atoms with van der Waals surface area (Å²) in [6.45, 7) is 0.348. The summed E-state index contributed by atoms with van der Waals surface area (Å²) < 4.78 is 8.82. The minimum Gasteiger partial charge on any atom is -0.497 e. The Morgan fingerprint density at radius 2 is 1.92 bits per heavy atom. The minimum absolute atomic E-state index is 0.122. The zero-order valence-electron chi connectivity index (χ0n) is 14.0. The number of primary amides is 1. The topological polar surface area (TPSA) is 101 Å². The van der Waals surface area contributed by atoms with Crippen LogP contribution in [0.1, 0.15) is 16.3 Å². The van der Waals surface area contributed by atoms with Gasteiger partial charge in [-0.05, 0) is 36.4 Å². The van der Waals surface area contributed by atoms with Crippen LogP contribution in [0, 0.1) is 0 Å². The average Bonchev–Trinajstić information content (AvgIpc) is 3.26. The zero-order valence-corrected chi connectivity index (χ0v) is 14.0. The molecule has 0 saturated carbocycles. The van der Waals surface area contributed by atoms with E-state index in [2.05, 4.69) is 10.3 Å². The van der Waals surface area contributed by atoms with Crippen molar-refractivity contribution < 1.29 is 9.53 Å². The van der Waals surface area contributed by atoms with E-state index in [9.17, 15) is 4.79 Å². The molecule has 0 fully saturated rings. The number of hydrogen-bond acceptors (Lipinski definition) is 5. The molecule has 2 aromatic carbocycles. The molecule has 2 aromatic heterocycles. The van der Waals surface area contributed by atoms with Crippen LogP contribution < -0.4 is 10.5 Å². The van der Waals surface area contributed by atoms with Crippen molar-refractivity contribution in [1.82, 2.24) is 24.5 Å². The highest BCUT2D eigenvalue weighted by Crippen LogP contribution is 2.23. The molecule has 0 radical (unpaired) electrons. The van der Waals surface area contributed by atoms with Crippen molar-refractivity contribution in [2.45, 2.75) is 6.54 Å². The summed E-state index contributed by atoms with van der Waals surface area (Å²) in [5.74, 6) is 0.930. The molecule has 1 amide bonds. The molecule has 26 heavy (non-hydrogen) atoms. The van der Waals surface area contributed by atoms with E-state index in [0.717, 1.165) is 28.3 Å². The number of carbonyl (C=O) groups is 1. The first-order valence-electron chi connectivity index (χ1n) is 7.96. The van der Waals surface area contributed by atoms with E-state index < -0.39 is 5.91 Å². The first kappa shape index (κ1) is 15.8. The number of methoxy groups -OCH3 is 1. The molecule has 4 aromatic rings. The van der Waals surface area contributed by atoms with Crippen LogP contribution in [0.15, 0.2) is 54.7 Å². The fraction of sp³-hybridized carbons (Fsp3) is 0.111. The maximum Gasteiger partial charge on any atom is 0.270 e. The number of rotatable bonds is 5. The third-order valence-corrected chi connectivity index (χ3v) is 4.06. The van der Waals surface area contributed by atoms with Crippen molar-refractivity contribution >= 4 is 16.9 Å². The number of nitrogens with two attached hydrogens (primary N) is 1. The maximum absolute atomic E-state index is 11.2. The van der Waals surface area contributed by atoms with Crippen molar-refractivity contribution in [3.05, 3.63) is 66.2 Å². The lowest BCUT2D eigenvalue weighted by Gasteiger charge is -2.10. The van der Waals surface area contributed by atoms with E-state index in [4.69, 9.17) is 15.5 Å². The highest BCUT2D eigenvalue weighted by molar-refractivity contribution is 5.90. The average molecular weight is 348 g/mol. The monoisotopic (exact) mass is 348 g/mol. The molecule has 0 atom stereocenters. The van der Waals surface area contributed by atoms with E-state index in [1.807, 2.05) is 53.1 Å². The van der Waals surface area contributed by atoms with Gasteiger partial charge in [0.05, 0.1) is 24.3 Å². The molecule has 8 nitrogen and oxygen atoms in total. The van der Waals surface area contributed by atoms with Gasteiger partial charge in [-0.25, -0.2) is 9.67 Å². The lowest BCUT2D eigenvalue weighted by Crippen LogP contribution is -2.11. The summed E-state index contributed by atoms with van der Waals surface area (Å²) in [5, 5.41) is 7.73. The van der Waals surface area contributed by atoms with E-state index >= 15 is 0 Å². The second kappa shape index (κ2) is 6.32. The summed E-state index contributed by atoms with van der Waals surface area (Å²) in [4.78, 5) is 15.9. The SMILES string of the molecule is COc1ccc(-n2c(Cn3cc(C(N)=O)nn3)nc3ccccc32)cc1. The number of hydrogen-bond donors (Lipinski definition) is 1. The Balaban J connectivity index is 1.81. The number of aromatic nitrogens is 5. The zero-order chi connectivity index (χ0) is 18.1. The van der Waals surface area contributed by atoms with Crippen LogP contribution >= 0.6 is 0 Å². The molecule has 0 aliphatic rings. The fourth-order valence-corrected chi connectivity index (χ4v) is 2.83. The Bertz CT molecular complexity index is 1080. The van der Waals surface area contributed by atoms with Crippen LogP contribution in [-0.4, -0.2) is 37.6 Å². The van der Waals surface area contributed by atoms with Gasteiger partial charge in [-0.15, -0.1) is 5.10 Å². The molecule has 2 heterocycles. The minimum atomic E-state index is -0.611. The van der Waals surface area contributed by atoms with Crippen LogP contribution in [0.4, 0.5) is 0 Å². The molecule has 130 valence electrons. The van der Waals surface area contributed by atoms with Gasteiger partial charge in [0.1, 0.15) is 18.1 Å². The number of carbonyl (C=O) groups excluding carboxylic acids is 1. The van der Waals surface area contributed by atoms with Gasteiger partial charge in [-0.2, -0.15) is 0 Å². The summed E-state index contributed by atoms with van der Waals surface area (Å²) in [6, 6.07) is 15.6. The quantitative estimate of drug-likeness (QED) is 0.592. The number of amides is 1. The molecule has 0 spiro atoms. The standard InChI is InChI=1S/C18H16N6O2/c1-26-13-8-6-12(7-9-13)24-16-5-3-2-4-14(16)20-17(24)11-23-10-15(18(19)25)21-22-23/h2-10H,11H2,1H3,(H2,19,25). The Kier molecular flexibility index (Phi) is 3.85. The molecular formula is C18H16N6O2. The predicted octanol–water partition coefficient (Wildman–Crippen LogP) is 1.77. The third kappa shape index (κ3) is 2.77. The van der Waals surface area contributed by atoms with Crippen molar-refractivity contribution in [1.29, 1.82) is 0 Å². The van der Waals surface area contributed by atoms with Gasteiger partial charge in [0.2, 0.25) is 0 Å². The number of para-hydroxylation sites is 2. The van der Waals surface area contributed by atoms with Gasteiger partial charge in [0.15, 0.2) is 5.69 Å². The van der Waals surface area contributed by atoms with Crippen molar-refractivity contribution in [3.63, 3.8) is 0 Å². The number of ether oxygens (including phenoxy) is 1. The Morgan fingerprint density at radius 3 is 2.62 bits per heavy atom. The first-order valence-corrected chi connectivity index (χ1v) is 7.96. The second-order valence-corrected chi connectivity index (χ2v) is 5.72. The van der Waals surface area contributed by atoms with Crippen LogP contribution in [0.25, 0.3) is 16.7 Å². The molecule has 4 rings (SSSR count). The van der Waals surface area contributed by atoms with E-state index in [0.29, 0.717) is 6.54 Å². The van der Waals surface area contributed by atoms with Crippen LogP contribution in [0.5, 0.6) is 5.75 Å². The Hall–Kier alpha value is -3.68. The molecule has 0 saturated heterocycles. The number of imidazole rings is 1. The largest absolute Gasteiger partial charge is 0.497 e. The second-order valence-electron chi connectivity index (χ2n) is 5.72. The smallest absolute Gasteiger partial charge is 0.270 e. The Morgan fingerprint density at radius 1 is 1.15 bits per heavy atom. The highest BCUT2D eigenvalue weighted by Gasteiger charge is 2.14. The molecule has 0 bridgehead atoms. The molecule has 0 unspecified atom stereocenters. The first-order chi connectivity index (χ1) is 12.7. The molecular weight excluding hydrogens is 332 g/mol. The van der Waals surface area contributed by atoms with Crippen LogP contribution in [-0.2, 0) is 6.54 Å². The van der Waals surface area contributed by atoms with E-state index in [1.165, 1.54) is 6.20 Å². The van der Waals surface area contributed by atoms with E-state index in [1.54, 1.807) is 11.8 Å². The summed E-state index contributed by atoms with van der Waals surface area (Å²) in [5.41, 5.74) is 8.16. The van der Waals surface area contributed by atoms with Gasteiger partial charge < -0.3 is 10.5 Å². The van der Waals surface area contributed by atoms with Crippen molar-refractivity contribution in [3.8, 4) is 11.4 Å². The Labute approximate surface area is 148 Å². The van der Waals surface area contributed by atoms with Gasteiger partial charge >= 0.3 is 0 Å².